The summed E-state index contributed by atoms with van der Waals surface area (Å²) < 4.78 is 1.85. The summed E-state index contributed by atoms with van der Waals surface area (Å²) in [5, 5.41) is 19.4. The van der Waals surface area contributed by atoms with Crippen molar-refractivity contribution in [2.45, 2.75) is 25.6 Å². The Morgan fingerprint density at radius 1 is 1.32 bits per heavy atom. The van der Waals surface area contributed by atoms with Crippen LogP contribution in [0.2, 0.25) is 5.02 Å². The molecule has 6 nitrogen and oxygen atoms in total. The van der Waals surface area contributed by atoms with Crippen LogP contribution in [-0.2, 0) is 6.54 Å². The molecule has 1 aliphatic heterocycles. The van der Waals surface area contributed by atoms with Crippen molar-refractivity contribution in [1.29, 1.82) is 0 Å². The van der Waals surface area contributed by atoms with Gasteiger partial charge in [-0.1, -0.05) is 28.9 Å². The van der Waals surface area contributed by atoms with E-state index in [4.69, 9.17) is 11.6 Å². The van der Waals surface area contributed by atoms with Crippen LogP contribution in [0.1, 0.15) is 29.6 Å². The molecule has 1 N–H and O–H groups in total. The van der Waals surface area contributed by atoms with Gasteiger partial charge in [-0.15, -0.1) is 16.4 Å². The molecular formula is C17H18ClN5OS. The zero-order valence-corrected chi connectivity index (χ0v) is 15.3. The third kappa shape index (κ3) is 3.59. The Balaban J connectivity index is 1.34. The van der Waals surface area contributed by atoms with Gasteiger partial charge >= 0.3 is 0 Å². The van der Waals surface area contributed by atoms with Crippen molar-refractivity contribution in [3.8, 4) is 10.6 Å². The Kier molecular flexibility index (Phi) is 4.56. The van der Waals surface area contributed by atoms with Gasteiger partial charge in [-0.3, -0.25) is 4.90 Å². The lowest BCUT2D eigenvalue weighted by Crippen LogP contribution is -2.47. The highest BCUT2D eigenvalue weighted by atomic mass is 35.5. The molecule has 1 unspecified atom stereocenters. The van der Waals surface area contributed by atoms with Crippen molar-refractivity contribution in [2.24, 2.45) is 0 Å². The van der Waals surface area contributed by atoms with E-state index in [1.165, 1.54) is 4.88 Å². The molecule has 0 aliphatic carbocycles. The van der Waals surface area contributed by atoms with E-state index in [1.54, 1.807) is 18.3 Å². The number of benzene rings is 1. The molecule has 130 valence electrons. The van der Waals surface area contributed by atoms with E-state index in [0.29, 0.717) is 11.7 Å². The maximum atomic E-state index is 9.53. The molecule has 2 aromatic heterocycles. The summed E-state index contributed by atoms with van der Waals surface area (Å²) in [4.78, 5) is 8.12. The Morgan fingerprint density at radius 2 is 2.08 bits per heavy atom. The predicted octanol–water partition coefficient (Wildman–Crippen LogP) is 3.17. The number of nitrogens with zero attached hydrogens (tertiary/aromatic N) is 5. The highest BCUT2D eigenvalue weighted by molar-refractivity contribution is 7.15. The van der Waals surface area contributed by atoms with Crippen molar-refractivity contribution >= 4 is 22.9 Å². The van der Waals surface area contributed by atoms with Gasteiger partial charge in [-0.25, -0.2) is 9.67 Å². The number of rotatable bonds is 5. The van der Waals surface area contributed by atoms with Gasteiger partial charge in [-0.2, -0.15) is 0 Å². The van der Waals surface area contributed by atoms with Crippen LogP contribution in [0.5, 0.6) is 0 Å². The van der Waals surface area contributed by atoms with Gasteiger partial charge in [0.2, 0.25) is 0 Å². The molecule has 8 heteroatoms. The minimum Gasteiger partial charge on any atom is -0.387 e. The SMILES string of the molecule is CC(O)c1cn(C2CN(Cc3cnc(-c4ccc(Cl)cc4)s3)C2)nn1. The molecule has 4 rings (SSSR count). The van der Waals surface area contributed by atoms with Crippen LogP contribution in [0.4, 0.5) is 0 Å². The first kappa shape index (κ1) is 16.7. The first-order valence-corrected chi connectivity index (χ1v) is 9.31. The maximum absolute atomic E-state index is 9.53. The van der Waals surface area contributed by atoms with Gasteiger partial charge in [0, 0.05) is 41.3 Å². The second-order valence-electron chi connectivity index (χ2n) is 6.29. The number of likely N-dealkylation sites (tertiary alicyclic amines) is 1. The van der Waals surface area contributed by atoms with Gasteiger partial charge in [-0.05, 0) is 19.1 Å². The summed E-state index contributed by atoms with van der Waals surface area (Å²) in [5.41, 5.74) is 1.71. The van der Waals surface area contributed by atoms with E-state index in [9.17, 15) is 5.11 Å². The molecule has 1 atom stereocenters. The summed E-state index contributed by atoms with van der Waals surface area (Å²) >= 11 is 7.64. The van der Waals surface area contributed by atoms with Gasteiger partial charge in [0.25, 0.3) is 0 Å². The Morgan fingerprint density at radius 3 is 2.76 bits per heavy atom. The number of aliphatic hydroxyl groups is 1. The molecule has 3 heterocycles. The molecule has 1 fully saturated rings. The van der Waals surface area contributed by atoms with Crippen LogP contribution < -0.4 is 0 Å². The van der Waals surface area contributed by atoms with E-state index >= 15 is 0 Å². The highest BCUT2D eigenvalue weighted by Gasteiger charge is 2.29. The van der Waals surface area contributed by atoms with Crippen molar-refractivity contribution in [1.82, 2.24) is 24.9 Å². The van der Waals surface area contributed by atoms with Crippen molar-refractivity contribution in [2.75, 3.05) is 13.1 Å². The molecule has 0 spiro atoms. The first-order chi connectivity index (χ1) is 12.1. The highest BCUT2D eigenvalue weighted by Crippen LogP contribution is 2.29. The molecule has 1 aliphatic rings. The first-order valence-electron chi connectivity index (χ1n) is 8.11. The summed E-state index contributed by atoms with van der Waals surface area (Å²) in [6, 6.07) is 8.09. The third-order valence-electron chi connectivity index (χ3n) is 4.29. The lowest BCUT2D eigenvalue weighted by Gasteiger charge is -2.38. The lowest BCUT2D eigenvalue weighted by atomic mass is 10.1. The fourth-order valence-electron chi connectivity index (χ4n) is 2.83. The van der Waals surface area contributed by atoms with E-state index in [1.807, 2.05) is 41.3 Å². The van der Waals surface area contributed by atoms with Crippen LogP contribution in [0.3, 0.4) is 0 Å². The maximum Gasteiger partial charge on any atom is 0.123 e. The van der Waals surface area contributed by atoms with Gasteiger partial charge in [0.05, 0.1) is 18.3 Å². The van der Waals surface area contributed by atoms with E-state index in [0.717, 1.165) is 35.2 Å². The molecular weight excluding hydrogens is 358 g/mol. The van der Waals surface area contributed by atoms with Crippen LogP contribution in [0.25, 0.3) is 10.6 Å². The fraction of sp³-hybridized carbons (Fsp3) is 0.353. The molecule has 1 saturated heterocycles. The molecule has 0 bridgehead atoms. The van der Waals surface area contributed by atoms with E-state index in [2.05, 4.69) is 20.2 Å². The average molecular weight is 376 g/mol. The number of hydrogen-bond acceptors (Lipinski definition) is 6. The third-order valence-corrected chi connectivity index (χ3v) is 5.58. The average Bonchev–Trinajstić information content (AvgIpc) is 3.21. The van der Waals surface area contributed by atoms with Crippen LogP contribution in [0.15, 0.2) is 36.7 Å². The fourth-order valence-corrected chi connectivity index (χ4v) is 3.91. The zero-order valence-electron chi connectivity index (χ0n) is 13.7. The Hall–Kier alpha value is -1.80. The molecule has 25 heavy (non-hydrogen) atoms. The van der Waals surface area contributed by atoms with Crippen LogP contribution in [-0.4, -0.2) is 43.1 Å². The second-order valence-corrected chi connectivity index (χ2v) is 7.84. The van der Waals surface area contributed by atoms with Gasteiger partial charge in [0.15, 0.2) is 0 Å². The predicted molar refractivity (Wildman–Crippen MR) is 97.5 cm³/mol. The smallest absolute Gasteiger partial charge is 0.123 e. The Labute approximate surface area is 154 Å². The van der Waals surface area contributed by atoms with Crippen molar-refractivity contribution in [3.05, 3.63) is 52.3 Å². The standard InChI is InChI=1S/C17H18ClN5OS/c1-11(24)16-10-23(21-20-16)14-7-22(8-14)9-15-6-19-17(25-15)12-2-4-13(18)5-3-12/h2-6,10-11,14,24H,7-9H2,1H3. The van der Waals surface area contributed by atoms with Crippen LogP contribution >= 0.6 is 22.9 Å². The lowest BCUT2D eigenvalue weighted by molar-refractivity contribution is 0.0906. The van der Waals surface area contributed by atoms with Crippen LogP contribution in [0, 0.1) is 0 Å². The minimum absolute atomic E-state index is 0.323. The van der Waals surface area contributed by atoms with Crippen molar-refractivity contribution < 1.29 is 5.11 Å². The molecule has 0 saturated carbocycles. The number of hydrogen-bond donors (Lipinski definition) is 1. The largest absolute Gasteiger partial charge is 0.387 e. The second kappa shape index (κ2) is 6.84. The molecule has 1 aromatic carbocycles. The van der Waals surface area contributed by atoms with E-state index in [-0.39, 0.29) is 0 Å². The van der Waals surface area contributed by atoms with E-state index < -0.39 is 6.10 Å². The van der Waals surface area contributed by atoms with Gasteiger partial charge in [0.1, 0.15) is 10.7 Å². The number of aliphatic hydroxyl groups excluding tert-OH is 1. The zero-order chi connectivity index (χ0) is 17.4. The minimum atomic E-state index is -0.576. The molecule has 3 aromatic rings. The quantitative estimate of drug-likeness (QED) is 0.741. The number of aromatic nitrogens is 4. The molecule has 0 radical (unpaired) electrons. The summed E-state index contributed by atoms with van der Waals surface area (Å²) in [6.45, 7) is 4.44. The topological polar surface area (TPSA) is 67.1 Å². The monoisotopic (exact) mass is 375 g/mol. The summed E-state index contributed by atoms with van der Waals surface area (Å²) in [7, 11) is 0. The summed E-state index contributed by atoms with van der Waals surface area (Å²) in [6.07, 6.45) is 3.20. The number of thiazole rings is 1. The summed E-state index contributed by atoms with van der Waals surface area (Å²) in [5.74, 6) is 0. The van der Waals surface area contributed by atoms with Gasteiger partial charge < -0.3 is 5.11 Å². The molecule has 0 amide bonds. The van der Waals surface area contributed by atoms with Crippen molar-refractivity contribution in [3.63, 3.8) is 0 Å². The Bertz CT molecular complexity index is 854. The normalized spacial score (nSPS) is 16.8. The number of halogens is 1.